The standard InChI is InChI=1S/C8H8N4O2/c1-5-4-6(14-12-5)8(13)10-7-2-3-9-11-7/h2-4H,1H3,(H2,9,10,11,13). The van der Waals surface area contributed by atoms with Crippen LogP contribution in [0.4, 0.5) is 5.82 Å². The molecular weight excluding hydrogens is 184 g/mol. The number of carbonyl (C=O) groups is 1. The first-order valence-electron chi connectivity index (χ1n) is 4.00. The third kappa shape index (κ3) is 1.63. The number of hydrogen-bond donors (Lipinski definition) is 2. The van der Waals surface area contributed by atoms with E-state index in [0.29, 0.717) is 11.5 Å². The maximum absolute atomic E-state index is 11.4. The number of nitrogens with zero attached hydrogens (tertiary/aromatic N) is 2. The van der Waals surface area contributed by atoms with E-state index in [2.05, 4.69) is 20.7 Å². The fourth-order valence-corrected chi connectivity index (χ4v) is 0.980. The molecule has 0 aromatic carbocycles. The SMILES string of the molecule is Cc1cc(C(=O)Nc2ccn[nH]2)on1. The molecule has 6 nitrogen and oxygen atoms in total. The van der Waals surface area contributed by atoms with Gasteiger partial charge in [-0.2, -0.15) is 5.10 Å². The van der Waals surface area contributed by atoms with E-state index in [9.17, 15) is 4.79 Å². The van der Waals surface area contributed by atoms with Crippen LogP contribution >= 0.6 is 0 Å². The van der Waals surface area contributed by atoms with Crippen molar-refractivity contribution in [2.75, 3.05) is 5.32 Å². The van der Waals surface area contributed by atoms with E-state index in [1.165, 1.54) is 0 Å². The van der Waals surface area contributed by atoms with Gasteiger partial charge in [-0.15, -0.1) is 0 Å². The molecule has 0 unspecified atom stereocenters. The number of carbonyl (C=O) groups excluding carboxylic acids is 1. The zero-order valence-electron chi connectivity index (χ0n) is 7.44. The molecular formula is C8H8N4O2. The molecule has 0 aliphatic heterocycles. The van der Waals surface area contributed by atoms with Gasteiger partial charge in [-0.25, -0.2) is 0 Å². The van der Waals surface area contributed by atoms with Gasteiger partial charge in [-0.3, -0.25) is 9.89 Å². The number of aromatic nitrogens is 3. The molecule has 14 heavy (non-hydrogen) atoms. The molecule has 0 bridgehead atoms. The van der Waals surface area contributed by atoms with Gasteiger partial charge in [0.05, 0.1) is 11.9 Å². The smallest absolute Gasteiger partial charge is 0.295 e. The molecule has 2 N–H and O–H groups in total. The highest BCUT2D eigenvalue weighted by Gasteiger charge is 2.11. The van der Waals surface area contributed by atoms with Gasteiger partial charge in [0.1, 0.15) is 5.82 Å². The maximum atomic E-state index is 11.4. The Hall–Kier alpha value is -2.11. The summed E-state index contributed by atoms with van der Waals surface area (Å²) >= 11 is 0. The second-order valence-electron chi connectivity index (χ2n) is 2.76. The Kier molecular flexibility index (Phi) is 2.02. The first-order chi connectivity index (χ1) is 6.75. The highest BCUT2D eigenvalue weighted by molar-refractivity contribution is 6.01. The van der Waals surface area contributed by atoms with Gasteiger partial charge in [-0.05, 0) is 6.92 Å². The monoisotopic (exact) mass is 192 g/mol. The summed E-state index contributed by atoms with van der Waals surface area (Å²) in [5.74, 6) is 0.344. The lowest BCUT2D eigenvalue weighted by atomic mass is 10.4. The molecule has 0 saturated carbocycles. The third-order valence-electron chi connectivity index (χ3n) is 1.60. The van der Waals surface area contributed by atoms with Crippen molar-refractivity contribution in [3.05, 3.63) is 29.8 Å². The molecule has 6 heteroatoms. The van der Waals surface area contributed by atoms with Crippen molar-refractivity contribution in [3.63, 3.8) is 0 Å². The van der Waals surface area contributed by atoms with Crippen LogP contribution < -0.4 is 5.32 Å². The van der Waals surface area contributed by atoms with Crippen LogP contribution in [0.15, 0.2) is 22.9 Å². The maximum Gasteiger partial charge on any atom is 0.295 e. The quantitative estimate of drug-likeness (QED) is 0.742. The summed E-state index contributed by atoms with van der Waals surface area (Å²) in [6, 6.07) is 3.20. The predicted molar refractivity (Wildman–Crippen MR) is 47.8 cm³/mol. The van der Waals surface area contributed by atoms with Gasteiger partial charge in [0, 0.05) is 12.1 Å². The molecule has 0 fully saturated rings. The van der Waals surface area contributed by atoms with E-state index < -0.39 is 0 Å². The largest absolute Gasteiger partial charge is 0.351 e. The fourth-order valence-electron chi connectivity index (χ4n) is 0.980. The summed E-state index contributed by atoms with van der Waals surface area (Å²) in [5, 5.41) is 12.5. The average molecular weight is 192 g/mol. The van der Waals surface area contributed by atoms with Crippen LogP contribution in [0.3, 0.4) is 0 Å². The highest BCUT2D eigenvalue weighted by Crippen LogP contribution is 2.06. The minimum Gasteiger partial charge on any atom is -0.351 e. The highest BCUT2D eigenvalue weighted by atomic mass is 16.5. The van der Waals surface area contributed by atoms with E-state index in [4.69, 9.17) is 4.52 Å². The Morgan fingerprint density at radius 2 is 2.50 bits per heavy atom. The normalized spacial score (nSPS) is 10.1. The van der Waals surface area contributed by atoms with Gasteiger partial charge in [-0.1, -0.05) is 5.16 Å². The van der Waals surface area contributed by atoms with Crippen LogP contribution in [-0.2, 0) is 0 Å². The Balaban J connectivity index is 2.10. The van der Waals surface area contributed by atoms with Crippen LogP contribution in [0.2, 0.25) is 0 Å². The lowest BCUT2D eigenvalue weighted by molar-refractivity contribution is 0.0987. The topological polar surface area (TPSA) is 83.8 Å². The number of nitrogens with one attached hydrogen (secondary N) is 2. The number of H-pyrrole nitrogens is 1. The van der Waals surface area contributed by atoms with Crippen LogP contribution in [0.25, 0.3) is 0 Å². The second-order valence-corrected chi connectivity index (χ2v) is 2.76. The van der Waals surface area contributed by atoms with E-state index in [1.54, 1.807) is 25.3 Å². The molecule has 0 atom stereocenters. The first-order valence-corrected chi connectivity index (χ1v) is 4.00. The van der Waals surface area contributed by atoms with Crippen molar-refractivity contribution in [2.24, 2.45) is 0 Å². The molecule has 1 amide bonds. The van der Waals surface area contributed by atoms with Gasteiger partial charge >= 0.3 is 0 Å². The number of aromatic amines is 1. The summed E-state index contributed by atoms with van der Waals surface area (Å²) in [6.07, 6.45) is 1.54. The van der Waals surface area contributed by atoms with Crippen LogP contribution in [0.1, 0.15) is 16.2 Å². The zero-order valence-corrected chi connectivity index (χ0v) is 7.44. The minimum atomic E-state index is -0.352. The Morgan fingerprint density at radius 1 is 1.64 bits per heavy atom. The van der Waals surface area contributed by atoms with E-state index in [1.807, 2.05) is 0 Å². The molecule has 0 aliphatic carbocycles. The molecule has 0 aliphatic rings. The number of anilines is 1. The van der Waals surface area contributed by atoms with Crippen molar-refractivity contribution < 1.29 is 9.32 Å². The van der Waals surface area contributed by atoms with Crippen LogP contribution in [0.5, 0.6) is 0 Å². The van der Waals surface area contributed by atoms with Crippen molar-refractivity contribution >= 4 is 11.7 Å². The molecule has 72 valence electrons. The summed E-state index contributed by atoms with van der Waals surface area (Å²) in [5.41, 5.74) is 0.666. The Morgan fingerprint density at radius 3 is 3.07 bits per heavy atom. The van der Waals surface area contributed by atoms with Crippen molar-refractivity contribution in [2.45, 2.75) is 6.92 Å². The molecule has 0 saturated heterocycles. The Labute approximate surface area is 79.3 Å². The second kappa shape index (κ2) is 3.33. The van der Waals surface area contributed by atoms with E-state index in [0.717, 1.165) is 0 Å². The van der Waals surface area contributed by atoms with Gasteiger partial charge in [0.15, 0.2) is 0 Å². The first kappa shape index (κ1) is 8.49. The molecule has 0 radical (unpaired) electrons. The number of hydrogen-bond acceptors (Lipinski definition) is 4. The third-order valence-corrected chi connectivity index (χ3v) is 1.60. The van der Waals surface area contributed by atoms with Crippen LogP contribution in [0, 0.1) is 6.92 Å². The van der Waals surface area contributed by atoms with Gasteiger partial charge in [0.25, 0.3) is 5.91 Å². The Bertz CT molecular complexity index is 432. The molecule has 2 aromatic heterocycles. The lowest BCUT2D eigenvalue weighted by Gasteiger charge is -1.96. The summed E-state index contributed by atoms with van der Waals surface area (Å²) in [4.78, 5) is 11.4. The number of rotatable bonds is 2. The van der Waals surface area contributed by atoms with Crippen LogP contribution in [-0.4, -0.2) is 21.3 Å². The van der Waals surface area contributed by atoms with E-state index in [-0.39, 0.29) is 11.7 Å². The fraction of sp³-hybridized carbons (Fsp3) is 0.125. The summed E-state index contributed by atoms with van der Waals surface area (Å²) in [7, 11) is 0. The molecule has 0 spiro atoms. The average Bonchev–Trinajstić information content (AvgIpc) is 2.75. The summed E-state index contributed by atoms with van der Waals surface area (Å²) in [6.45, 7) is 1.75. The van der Waals surface area contributed by atoms with E-state index >= 15 is 0 Å². The number of amides is 1. The van der Waals surface area contributed by atoms with Gasteiger partial charge in [0.2, 0.25) is 5.76 Å². The van der Waals surface area contributed by atoms with Crippen molar-refractivity contribution in [1.29, 1.82) is 0 Å². The summed E-state index contributed by atoms with van der Waals surface area (Å²) < 4.78 is 4.78. The number of aryl methyl sites for hydroxylation is 1. The zero-order chi connectivity index (χ0) is 9.97. The van der Waals surface area contributed by atoms with Gasteiger partial charge < -0.3 is 9.84 Å². The predicted octanol–water partition coefficient (Wildman–Crippen LogP) is 0.958. The molecule has 2 aromatic rings. The molecule has 2 rings (SSSR count). The van der Waals surface area contributed by atoms with Crippen molar-refractivity contribution in [3.8, 4) is 0 Å². The molecule has 2 heterocycles. The lowest BCUT2D eigenvalue weighted by Crippen LogP contribution is -2.11. The minimum absolute atomic E-state index is 0.178. The van der Waals surface area contributed by atoms with Crippen molar-refractivity contribution in [1.82, 2.24) is 15.4 Å².